The number of carbonyl (C=O) groups excluding carboxylic acids is 1. The summed E-state index contributed by atoms with van der Waals surface area (Å²) in [6.45, 7) is 3.51. The SMILES string of the molecule is COC1CCN(c2cccc(-c3cnc(N)c(-c4ccc(NC(=O)c5c(C)n(C)n(-c6ccccc6)c5=O)cc4)n3)n2)CC1. The minimum atomic E-state index is -0.482. The molecule has 3 N–H and O–H groups in total. The summed E-state index contributed by atoms with van der Waals surface area (Å²) in [6.07, 6.45) is 3.84. The molecule has 1 aliphatic rings. The standard InChI is InChI=1S/C33H34N8O3/c1-21-29(33(43)41(39(21)2)24-8-5-4-6-9-24)32(42)36-23-14-12-22(13-15-23)30-31(34)35-20-27(38-30)26-10-7-11-28(37-26)40-18-16-25(44-3)17-19-40/h4-15,20,25H,16-19H2,1-3H3,(H2,34,35)(H,36,42). The Morgan fingerprint density at radius 3 is 2.39 bits per heavy atom. The summed E-state index contributed by atoms with van der Waals surface area (Å²) in [5.41, 5.74) is 10.3. The quantitative estimate of drug-likeness (QED) is 0.284. The van der Waals surface area contributed by atoms with Gasteiger partial charge in [-0.1, -0.05) is 36.4 Å². The van der Waals surface area contributed by atoms with Crippen LogP contribution in [0.1, 0.15) is 28.9 Å². The largest absolute Gasteiger partial charge is 0.382 e. The van der Waals surface area contributed by atoms with Gasteiger partial charge in [-0.3, -0.25) is 14.3 Å². The van der Waals surface area contributed by atoms with E-state index in [-0.39, 0.29) is 23.0 Å². The first-order valence-electron chi connectivity index (χ1n) is 14.5. The Hall–Kier alpha value is -5.29. The van der Waals surface area contributed by atoms with Gasteiger partial charge in [-0.25, -0.2) is 19.6 Å². The number of methoxy groups -OCH3 is 1. The smallest absolute Gasteiger partial charge is 0.284 e. The van der Waals surface area contributed by atoms with Crippen molar-refractivity contribution >= 4 is 23.2 Å². The predicted octanol–water partition coefficient (Wildman–Crippen LogP) is 4.45. The first-order valence-corrected chi connectivity index (χ1v) is 14.5. The van der Waals surface area contributed by atoms with E-state index in [0.717, 1.165) is 37.3 Å². The van der Waals surface area contributed by atoms with Crippen LogP contribution in [0.15, 0.2) is 83.8 Å². The van der Waals surface area contributed by atoms with Crippen molar-refractivity contribution in [1.82, 2.24) is 24.3 Å². The third-order valence-corrected chi connectivity index (χ3v) is 8.09. The molecule has 11 heteroatoms. The van der Waals surface area contributed by atoms with Crippen LogP contribution in [0.5, 0.6) is 0 Å². The number of nitrogen functional groups attached to an aromatic ring is 1. The maximum atomic E-state index is 13.2. The number of hydrogen-bond donors (Lipinski definition) is 2. The Bertz CT molecular complexity index is 1860. The molecule has 0 aliphatic carbocycles. The highest BCUT2D eigenvalue weighted by atomic mass is 16.5. The van der Waals surface area contributed by atoms with Crippen LogP contribution >= 0.6 is 0 Å². The molecule has 5 aromatic rings. The van der Waals surface area contributed by atoms with Gasteiger partial charge in [-0.2, -0.15) is 0 Å². The molecule has 1 amide bonds. The van der Waals surface area contributed by atoms with Gasteiger partial charge in [-0.05, 0) is 56.2 Å². The second-order valence-electron chi connectivity index (χ2n) is 10.8. The maximum Gasteiger partial charge on any atom is 0.284 e. The molecule has 44 heavy (non-hydrogen) atoms. The zero-order valence-corrected chi connectivity index (χ0v) is 24.9. The number of carbonyl (C=O) groups is 1. The number of pyridine rings is 1. The van der Waals surface area contributed by atoms with Crippen molar-refractivity contribution in [2.75, 3.05) is 36.1 Å². The Balaban J connectivity index is 1.21. The molecule has 1 aliphatic heterocycles. The van der Waals surface area contributed by atoms with E-state index in [9.17, 15) is 9.59 Å². The van der Waals surface area contributed by atoms with Gasteiger partial charge >= 0.3 is 0 Å². The van der Waals surface area contributed by atoms with Crippen molar-refractivity contribution in [1.29, 1.82) is 0 Å². The van der Waals surface area contributed by atoms with Crippen molar-refractivity contribution in [2.24, 2.45) is 7.05 Å². The van der Waals surface area contributed by atoms with E-state index in [4.69, 9.17) is 20.4 Å². The van der Waals surface area contributed by atoms with Gasteiger partial charge in [0.2, 0.25) is 0 Å². The topological polar surface area (TPSA) is 133 Å². The summed E-state index contributed by atoms with van der Waals surface area (Å²) in [5.74, 6) is 0.690. The van der Waals surface area contributed by atoms with E-state index in [1.54, 1.807) is 44.1 Å². The highest BCUT2D eigenvalue weighted by Gasteiger charge is 2.23. The third-order valence-electron chi connectivity index (χ3n) is 8.09. The lowest BCUT2D eigenvalue weighted by molar-refractivity contribution is 0.0818. The van der Waals surface area contributed by atoms with Crippen LogP contribution in [0.25, 0.3) is 28.3 Å². The molecular weight excluding hydrogens is 556 g/mol. The van der Waals surface area contributed by atoms with E-state index in [2.05, 4.69) is 15.2 Å². The molecule has 0 unspecified atom stereocenters. The first-order chi connectivity index (χ1) is 21.3. The lowest BCUT2D eigenvalue weighted by Crippen LogP contribution is -2.37. The summed E-state index contributed by atoms with van der Waals surface area (Å²) >= 11 is 0. The minimum absolute atomic E-state index is 0.0843. The molecule has 11 nitrogen and oxygen atoms in total. The Labute approximate surface area is 255 Å². The highest BCUT2D eigenvalue weighted by Crippen LogP contribution is 2.28. The number of rotatable bonds is 7. The average molecular weight is 591 g/mol. The number of ether oxygens (including phenoxy) is 1. The monoisotopic (exact) mass is 590 g/mol. The van der Waals surface area contributed by atoms with Crippen molar-refractivity contribution in [3.8, 4) is 28.3 Å². The van der Waals surface area contributed by atoms with Crippen LogP contribution < -0.4 is 21.5 Å². The third kappa shape index (κ3) is 5.57. The molecule has 0 atom stereocenters. The number of para-hydroxylation sites is 1. The van der Waals surface area contributed by atoms with Gasteiger partial charge in [0.25, 0.3) is 11.5 Å². The molecule has 3 aromatic heterocycles. The molecule has 1 fully saturated rings. The van der Waals surface area contributed by atoms with Crippen molar-refractivity contribution in [2.45, 2.75) is 25.9 Å². The zero-order valence-electron chi connectivity index (χ0n) is 24.9. The van der Waals surface area contributed by atoms with Crippen molar-refractivity contribution in [3.05, 3.63) is 101 Å². The fourth-order valence-electron chi connectivity index (χ4n) is 5.53. The first kappa shape index (κ1) is 28.8. The number of nitrogens with one attached hydrogen (secondary N) is 1. The second-order valence-corrected chi connectivity index (χ2v) is 10.8. The van der Waals surface area contributed by atoms with E-state index in [1.807, 2.05) is 60.7 Å². The molecule has 1 saturated heterocycles. The molecule has 2 aromatic carbocycles. The van der Waals surface area contributed by atoms with E-state index in [0.29, 0.717) is 34.2 Å². The molecule has 0 radical (unpaired) electrons. The lowest BCUT2D eigenvalue weighted by Gasteiger charge is -2.32. The van der Waals surface area contributed by atoms with Crippen LogP contribution in [0.4, 0.5) is 17.3 Å². The molecule has 0 spiro atoms. The highest BCUT2D eigenvalue weighted by molar-refractivity contribution is 6.05. The fourth-order valence-corrected chi connectivity index (χ4v) is 5.53. The Kier molecular flexibility index (Phi) is 7.95. The lowest BCUT2D eigenvalue weighted by atomic mass is 10.1. The number of benzene rings is 2. The van der Waals surface area contributed by atoms with Crippen LogP contribution in [0, 0.1) is 6.92 Å². The van der Waals surface area contributed by atoms with Gasteiger partial charge < -0.3 is 20.7 Å². The summed E-state index contributed by atoms with van der Waals surface area (Å²) in [7, 11) is 3.51. The van der Waals surface area contributed by atoms with Gasteiger partial charge in [0.05, 0.1) is 29.4 Å². The van der Waals surface area contributed by atoms with Crippen molar-refractivity contribution in [3.63, 3.8) is 0 Å². The van der Waals surface area contributed by atoms with Gasteiger partial charge in [0, 0.05) is 38.5 Å². The van der Waals surface area contributed by atoms with E-state index >= 15 is 0 Å². The van der Waals surface area contributed by atoms with E-state index < -0.39 is 5.91 Å². The molecular formula is C33H34N8O3. The number of amides is 1. The van der Waals surface area contributed by atoms with Crippen molar-refractivity contribution < 1.29 is 9.53 Å². The fraction of sp³-hybridized carbons (Fsp3) is 0.242. The number of piperidine rings is 1. The number of nitrogens with two attached hydrogens (primary N) is 1. The van der Waals surface area contributed by atoms with Crippen LogP contribution in [0.3, 0.4) is 0 Å². The minimum Gasteiger partial charge on any atom is -0.382 e. The van der Waals surface area contributed by atoms with Crippen LogP contribution in [-0.2, 0) is 11.8 Å². The summed E-state index contributed by atoms with van der Waals surface area (Å²) in [5, 5.41) is 2.85. The summed E-state index contributed by atoms with van der Waals surface area (Å²) in [4.78, 5) is 42.8. The van der Waals surface area contributed by atoms with Gasteiger partial charge in [0.1, 0.15) is 28.6 Å². The molecule has 224 valence electrons. The summed E-state index contributed by atoms with van der Waals surface area (Å²) < 4.78 is 8.66. The van der Waals surface area contributed by atoms with E-state index in [1.165, 1.54) is 4.68 Å². The van der Waals surface area contributed by atoms with Gasteiger partial charge in [0.15, 0.2) is 0 Å². The zero-order chi connectivity index (χ0) is 30.8. The van der Waals surface area contributed by atoms with Crippen LogP contribution in [0.2, 0.25) is 0 Å². The number of hydrogen-bond acceptors (Lipinski definition) is 8. The molecule has 0 saturated carbocycles. The predicted molar refractivity (Wildman–Crippen MR) is 171 cm³/mol. The average Bonchev–Trinajstić information content (AvgIpc) is 3.29. The number of nitrogens with zero attached hydrogens (tertiary/aromatic N) is 6. The molecule has 0 bridgehead atoms. The Morgan fingerprint density at radius 2 is 1.68 bits per heavy atom. The second kappa shape index (κ2) is 12.1. The maximum absolute atomic E-state index is 13.2. The normalized spacial score (nSPS) is 13.7. The molecule has 6 rings (SSSR count). The number of aromatic nitrogens is 5. The van der Waals surface area contributed by atoms with Crippen LogP contribution in [-0.4, -0.2) is 56.5 Å². The molecule has 4 heterocycles. The van der Waals surface area contributed by atoms with Gasteiger partial charge in [-0.15, -0.1) is 0 Å². The number of anilines is 3. The summed E-state index contributed by atoms with van der Waals surface area (Å²) in [6, 6.07) is 22.2. The Morgan fingerprint density at radius 1 is 0.955 bits per heavy atom.